The van der Waals surface area contributed by atoms with E-state index in [1.165, 1.54) is 0 Å². The van der Waals surface area contributed by atoms with E-state index in [1.807, 2.05) is 0 Å². The fourth-order valence-electron chi connectivity index (χ4n) is 0. The van der Waals surface area contributed by atoms with E-state index >= 15 is 0 Å². The molecule has 0 aromatic rings. The molecule has 0 aromatic carbocycles. The third-order valence-electron chi connectivity index (χ3n) is 0. The first-order valence-corrected chi connectivity index (χ1v) is 0. The van der Waals surface area contributed by atoms with Crippen molar-refractivity contribution in [2.45, 2.75) is 0 Å². The fraction of sp³-hybridized carbons (Fsp3) is 0. The molecule has 0 rings (SSSR count). The molecule has 0 aliphatic heterocycles. The Bertz CT molecular complexity index is 11.6. The quantitative estimate of drug-likeness (QED) is 0.420. The SMILES string of the molecule is [AlH3].[BaH2].[Ru].[Ti].[Zn]. The summed E-state index contributed by atoms with van der Waals surface area (Å²) in [6.07, 6.45) is 0. The van der Waals surface area contributed by atoms with Gasteiger partial charge in [0.2, 0.25) is 0 Å². The first-order chi connectivity index (χ1) is 0. The molecule has 0 heterocycles. The van der Waals surface area contributed by atoms with Gasteiger partial charge >= 0.3 is 48.9 Å². The van der Waals surface area contributed by atoms with Gasteiger partial charge in [-0.1, -0.05) is 0 Å². The van der Waals surface area contributed by atoms with E-state index in [0.29, 0.717) is 0 Å². The van der Waals surface area contributed by atoms with Crippen molar-refractivity contribution in [3.8, 4) is 0 Å². The van der Waals surface area contributed by atoms with Gasteiger partial charge in [0, 0.05) is 60.7 Å². The van der Waals surface area contributed by atoms with Crippen LogP contribution in [-0.2, 0) is 60.7 Å². The van der Waals surface area contributed by atoms with Crippen LogP contribution in [0.15, 0.2) is 0 Å². The van der Waals surface area contributed by atoms with Crippen LogP contribution in [-0.4, -0.2) is 66.2 Å². The molecular weight excluding hydrogens is 379 g/mol. The van der Waals surface area contributed by atoms with Crippen molar-refractivity contribution in [2.75, 3.05) is 0 Å². The predicted molar refractivity (Wildman–Crippen MR) is 18.5 cm³/mol. The van der Waals surface area contributed by atoms with Crippen molar-refractivity contribution >= 4 is 66.2 Å². The molecule has 0 aliphatic rings. The first-order valence-electron chi connectivity index (χ1n) is 0. The van der Waals surface area contributed by atoms with E-state index in [9.17, 15) is 0 Å². The van der Waals surface area contributed by atoms with Crippen molar-refractivity contribution in [1.82, 2.24) is 0 Å². The Balaban J connectivity index is 0. The Morgan fingerprint density at radius 3 is 1.00 bits per heavy atom. The van der Waals surface area contributed by atoms with E-state index < -0.39 is 0 Å². The van der Waals surface area contributed by atoms with Crippen LogP contribution in [0.4, 0.5) is 0 Å². The Hall–Kier alpha value is 4.06. The molecule has 0 amide bonds. The fourth-order valence-corrected chi connectivity index (χ4v) is 0. The summed E-state index contributed by atoms with van der Waals surface area (Å²) in [7, 11) is 0. The Morgan fingerprint density at radius 1 is 1.00 bits per heavy atom. The molecule has 0 saturated heterocycles. The molecule has 0 aliphatic carbocycles. The zero-order valence-corrected chi connectivity index (χ0v) is 7.83. The summed E-state index contributed by atoms with van der Waals surface area (Å²) in [6.45, 7) is 0. The summed E-state index contributed by atoms with van der Waals surface area (Å²) in [5, 5.41) is 0. The van der Waals surface area contributed by atoms with Gasteiger partial charge in [-0.05, 0) is 0 Å². The monoisotopic (exact) mass is 384 g/mol. The second kappa shape index (κ2) is 24.4. The number of hydrogen-bond acceptors (Lipinski definition) is 0. The number of rotatable bonds is 0. The van der Waals surface area contributed by atoms with Crippen molar-refractivity contribution in [3.63, 3.8) is 0 Å². The van der Waals surface area contributed by atoms with Crippen molar-refractivity contribution in [3.05, 3.63) is 0 Å². The minimum atomic E-state index is 0. The van der Waals surface area contributed by atoms with Crippen LogP contribution in [0, 0.1) is 0 Å². The molecule has 0 spiro atoms. The maximum absolute atomic E-state index is 0. The molecular formula is H5AlBaRuTiZn. The van der Waals surface area contributed by atoms with Gasteiger partial charge in [-0.15, -0.1) is 0 Å². The Labute approximate surface area is 124 Å². The third kappa shape index (κ3) is 18.0. The van der Waals surface area contributed by atoms with Gasteiger partial charge in [-0.2, -0.15) is 0 Å². The minimum Gasteiger partial charge on any atom is 0 e. The van der Waals surface area contributed by atoms with Gasteiger partial charge in [0.25, 0.3) is 0 Å². The Kier molecular flexibility index (Phi) is 174. The largest absolute Gasteiger partial charge is 0 e. The van der Waals surface area contributed by atoms with Gasteiger partial charge in [0.1, 0.15) is 0 Å². The molecule has 0 fully saturated rings. The summed E-state index contributed by atoms with van der Waals surface area (Å²) in [5.41, 5.74) is 0. The van der Waals surface area contributed by atoms with E-state index in [1.54, 1.807) is 0 Å². The van der Waals surface area contributed by atoms with Crippen LogP contribution in [0.1, 0.15) is 0 Å². The van der Waals surface area contributed by atoms with E-state index in [4.69, 9.17) is 0 Å². The summed E-state index contributed by atoms with van der Waals surface area (Å²) in [5.74, 6) is 0. The van der Waals surface area contributed by atoms with Crippen LogP contribution < -0.4 is 0 Å². The standard InChI is InChI=1S/Al.Ba.Ru.Ti.Zn.5H. The van der Waals surface area contributed by atoms with E-state index in [0.717, 1.165) is 0 Å². The third-order valence-corrected chi connectivity index (χ3v) is 0. The molecule has 5 heteroatoms. The molecule has 0 atom stereocenters. The van der Waals surface area contributed by atoms with Crippen LogP contribution in [0.3, 0.4) is 0 Å². The average Bonchev–Trinajstić information content (AvgIpc) is 0. The van der Waals surface area contributed by atoms with Crippen LogP contribution in [0.2, 0.25) is 0 Å². The molecule has 0 radical (unpaired) electrons. The zero-order chi connectivity index (χ0) is 0. The van der Waals surface area contributed by atoms with Gasteiger partial charge in [0.05, 0.1) is 0 Å². The van der Waals surface area contributed by atoms with Gasteiger partial charge in [0.15, 0.2) is 17.4 Å². The van der Waals surface area contributed by atoms with Gasteiger partial charge < -0.3 is 0 Å². The molecule has 24 valence electrons. The Morgan fingerprint density at radius 2 is 1.00 bits per heavy atom. The van der Waals surface area contributed by atoms with E-state index in [-0.39, 0.29) is 127 Å². The van der Waals surface area contributed by atoms with Crippen LogP contribution in [0.25, 0.3) is 0 Å². The van der Waals surface area contributed by atoms with Crippen molar-refractivity contribution < 1.29 is 60.7 Å². The second-order valence-corrected chi connectivity index (χ2v) is 0. The topological polar surface area (TPSA) is 0 Å². The maximum atomic E-state index is 0. The normalized spacial score (nSPS) is 0. The summed E-state index contributed by atoms with van der Waals surface area (Å²) in [4.78, 5) is 0. The first kappa shape index (κ1) is 35.7. The molecule has 0 saturated carbocycles. The summed E-state index contributed by atoms with van der Waals surface area (Å²) >= 11 is 0. The minimum absolute atomic E-state index is 0. The molecule has 0 unspecified atom stereocenters. The van der Waals surface area contributed by atoms with Crippen LogP contribution >= 0.6 is 0 Å². The van der Waals surface area contributed by atoms with Gasteiger partial charge in [-0.3, -0.25) is 0 Å². The molecule has 5 heavy (non-hydrogen) atoms. The smallest absolute Gasteiger partial charge is 0 e. The zero-order valence-electron chi connectivity index (χ0n) is 1.56. The maximum Gasteiger partial charge on any atom is 0 e. The van der Waals surface area contributed by atoms with Gasteiger partial charge in [-0.25, -0.2) is 0 Å². The van der Waals surface area contributed by atoms with Crippen LogP contribution in [0.5, 0.6) is 0 Å². The molecule has 0 bridgehead atoms. The van der Waals surface area contributed by atoms with Crippen molar-refractivity contribution in [2.24, 2.45) is 0 Å². The number of hydrogen-bond donors (Lipinski definition) is 0. The predicted octanol–water partition coefficient (Wildman–Crippen LogP) is -2.11. The average molecular weight is 384 g/mol. The molecule has 0 N–H and O–H groups in total. The second-order valence-electron chi connectivity index (χ2n) is 0. The van der Waals surface area contributed by atoms with E-state index in [2.05, 4.69) is 0 Å². The molecule has 0 nitrogen and oxygen atoms in total. The molecule has 0 aromatic heterocycles. The summed E-state index contributed by atoms with van der Waals surface area (Å²) < 4.78 is 0. The van der Waals surface area contributed by atoms with Crippen molar-refractivity contribution in [1.29, 1.82) is 0 Å². The summed E-state index contributed by atoms with van der Waals surface area (Å²) in [6, 6.07) is 0.